The molecule has 0 aliphatic carbocycles. The average Bonchev–Trinajstić information content (AvgIpc) is 2.55. The average molecular weight is 308 g/mol. The summed E-state index contributed by atoms with van der Waals surface area (Å²) in [7, 11) is 1.65. The summed E-state index contributed by atoms with van der Waals surface area (Å²) in [4.78, 5) is 4.92. The molecule has 0 amide bonds. The number of nitrogens with zero attached hydrogens (tertiary/aromatic N) is 1. The number of benzene rings is 2. The second-order valence-electron chi connectivity index (χ2n) is 4.94. The summed E-state index contributed by atoms with van der Waals surface area (Å²) in [6, 6.07) is 16.0. The van der Waals surface area contributed by atoms with Gasteiger partial charge in [-0.1, -0.05) is 42.5 Å². The maximum Gasteiger partial charge on any atom is 0.142 e. The first-order chi connectivity index (χ1) is 10.8. The standard InChI is InChI=1S/C18H16N2OS/c1-21-17-8-3-2-7-16(17)20-18(22)11-13-5-4-6-14-12-19-10-9-15(13)14/h2-10,12H,11H2,1H3,(H,20,22). The van der Waals surface area contributed by atoms with Gasteiger partial charge in [0, 0.05) is 24.2 Å². The fourth-order valence-corrected chi connectivity index (χ4v) is 2.72. The van der Waals surface area contributed by atoms with Gasteiger partial charge in [0.2, 0.25) is 0 Å². The van der Waals surface area contributed by atoms with Gasteiger partial charge in [0.15, 0.2) is 0 Å². The Kier molecular flexibility index (Phi) is 4.30. The monoisotopic (exact) mass is 308 g/mol. The molecule has 0 unspecified atom stereocenters. The van der Waals surface area contributed by atoms with E-state index in [4.69, 9.17) is 17.0 Å². The number of aromatic nitrogens is 1. The van der Waals surface area contributed by atoms with Crippen LogP contribution in [0.25, 0.3) is 10.8 Å². The van der Waals surface area contributed by atoms with Crippen molar-refractivity contribution in [1.82, 2.24) is 4.98 Å². The molecule has 0 fully saturated rings. The van der Waals surface area contributed by atoms with E-state index < -0.39 is 0 Å². The minimum Gasteiger partial charge on any atom is -0.495 e. The first kappa shape index (κ1) is 14.5. The second-order valence-corrected chi connectivity index (χ2v) is 5.43. The van der Waals surface area contributed by atoms with E-state index in [0.717, 1.165) is 21.8 Å². The van der Waals surface area contributed by atoms with E-state index in [0.29, 0.717) is 6.42 Å². The van der Waals surface area contributed by atoms with Crippen LogP contribution >= 0.6 is 12.2 Å². The number of anilines is 1. The Morgan fingerprint density at radius 3 is 2.86 bits per heavy atom. The molecule has 0 atom stereocenters. The van der Waals surface area contributed by atoms with Gasteiger partial charge in [0.05, 0.1) is 17.8 Å². The predicted molar refractivity (Wildman–Crippen MR) is 94.7 cm³/mol. The number of methoxy groups -OCH3 is 1. The number of thiocarbonyl (C=S) groups is 1. The Balaban J connectivity index is 1.82. The van der Waals surface area contributed by atoms with Crippen molar-refractivity contribution in [3.05, 3.63) is 66.5 Å². The van der Waals surface area contributed by atoms with E-state index in [1.807, 2.05) is 48.8 Å². The maximum atomic E-state index is 5.51. The summed E-state index contributed by atoms with van der Waals surface area (Å²) in [5.74, 6) is 0.784. The minimum absolute atomic E-state index is 0.675. The van der Waals surface area contributed by atoms with Gasteiger partial charge in [0.25, 0.3) is 0 Å². The molecule has 4 heteroatoms. The van der Waals surface area contributed by atoms with Crippen LogP contribution in [0.4, 0.5) is 5.69 Å². The highest BCUT2D eigenvalue weighted by Crippen LogP contribution is 2.24. The number of hydrogen-bond acceptors (Lipinski definition) is 3. The van der Waals surface area contributed by atoms with Gasteiger partial charge < -0.3 is 10.1 Å². The Morgan fingerprint density at radius 2 is 2.00 bits per heavy atom. The Hall–Kier alpha value is -2.46. The van der Waals surface area contributed by atoms with Gasteiger partial charge in [-0.05, 0) is 29.1 Å². The maximum absolute atomic E-state index is 5.51. The van der Waals surface area contributed by atoms with Crippen molar-refractivity contribution < 1.29 is 4.74 Å². The lowest BCUT2D eigenvalue weighted by Gasteiger charge is -2.12. The van der Waals surface area contributed by atoms with E-state index in [-0.39, 0.29) is 0 Å². The van der Waals surface area contributed by atoms with Crippen molar-refractivity contribution in [2.45, 2.75) is 6.42 Å². The largest absolute Gasteiger partial charge is 0.495 e. The SMILES string of the molecule is COc1ccccc1NC(=S)Cc1cccc2cnccc12. The van der Waals surface area contributed by atoms with Crippen molar-refractivity contribution in [2.24, 2.45) is 0 Å². The molecule has 1 aromatic heterocycles. The van der Waals surface area contributed by atoms with Crippen LogP contribution in [-0.2, 0) is 6.42 Å². The van der Waals surface area contributed by atoms with E-state index in [2.05, 4.69) is 22.4 Å². The van der Waals surface area contributed by atoms with Gasteiger partial charge in [-0.2, -0.15) is 0 Å². The van der Waals surface area contributed by atoms with Crippen molar-refractivity contribution in [3.8, 4) is 5.75 Å². The molecule has 22 heavy (non-hydrogen) atoms. The normalized spacial score (nSPS) is 10.4. The molecule has 0 bridgehead atoms. The van der Waals surface area contributed by atoms with Crippen LogP contribution < -0.4 is 10.1 Å². The summed E-state index contributed by atoms with van der Waals surface area (Å²) >= 11 is 5.51. The number of hydrogen-bond donors (Lipinski definition) is 1. The third-order valence-electron chi connectivity index (χ3n) is 3.50. The molecule has 1 heterocycles. The lowest BCUT2D eigenvalue weighted by Crippen LogP contribution is -2.13. The molecule has 0 aliphatic rings. The van der Waals surface area contributed by atoms with Gasteiger partial charge in [-0.15, -0.1) is 0 Å². The quantitative estimate of drug-likeness (QED) is 0.732. The van der Waals surface area contributed by atoms with E-state index in [9.17, 15) is 0 Å². The molecule has 2 aromatic carbocycles. The molecule has 0 aliphatic heterocycles. The second kappa shape index (κ2) is 6.54. The lowest BCUT2D eigenvalue weighted by molar-refractivity contribution is 0.417. The highest BCUT2D eigenvalue weighted by atomic mass is 32.1. The molecule has 1 N–H and O–H groups in total. The topological polar surface area (TPSA) is 34.1 Å². The van der Waals surface area contributed by atoms with Crippen LogP contribution in [0.2, 0.25) is 0 Å². The number of para-hydroxylation sites is 2. The van der Waals surface area contributed by atoms with Gasteiger partial charge >= 0.3 is 0 Å². The zero-order chi connectivity index (χ0) is 15.4. The molecule has 3 aromatic rings. The van der Waals surface area contributed by atoms with Crippen molar-refractivity contribution >= 4 is 33.7 Å². The molecular formula is C18H16N2OS. The number of pyridine rings is 1. The van der Waals surface area contributed by atoms with Gasteiger partial charge in [-0.3, -0.25) is 4.98 Å². The van der Waals surface area contributed by atoms with Crippen LogP contribution in [0.1, 0.15) is 5.56 Å². The fraction of sp³-hybridized carbons (Fsp3) is 0.111. The zero-order valence-corrected chi connectivity index (χ0v) is 13.1. The number of rotatable bonds is 4. The number of fused-ring (bicyclic) bond motifs is 1. The third kappa shape index (κ3) is 3.07. The van der Waals surface area contributed by atoms with Gasteiger partial charge in [-0.25, -0.2) is 0 Å². The first-order valence-corrected chi connectivity index (χ1v) is 7.43. The van der Waals surface area contributed by atoms with Crippen LogP contribution in [0.5, 0.6) is 5.75 Å². The van der Waals surface area contributed by atoms with E-state index in [1.54, 1.807) is 7.11 Å². The van der Waals surface area contributed by atoms with Crippen molar-refractivity contribution in [2.75, 3.05) is 12.4 Å². The van der Waals surface area contributed by atoms with Gasteiger partial charge in [0.1, 0.15) is 5.75 Å². The molecule has 0 saturated carbocycles. The summed E-state index contributed by atoms with van der Waals surface area (Å²) in [6.45, 7) is 0. The predicted octanol–water partition coefficient (Wildman–Crippen LogP) is 4.23. The Bertz CT molecular complexity index is 812. The van der Waals surface area contributed by atoms with Crippen LogP contribution in [-0.4, -0.2) is 17.1 Å². The fourth-order valence-electron chi connectivity index (χ4n) is 2.46. The summed E-state index contributed by atoms with van der Waals surface area (Å²) in [6.07, 6.45) is 4.35. The molecule has 0 saturated heterocycles. The van der Waals surface area contributed by atoms with Crippen LogP contribution in [0.3, 0.4) is 0 Å². The number of ether oxygens (including phenoxy) is 1. The Labute approximate surface area is 135 Å². The highest BCUT2D eigenvalue weighted by molar-refractivity contribution is 7.80. The molecular weight excluding hydrogens is 292 g/mol. The van der Waals surface area contributed by atoms with Crippen molar-refractivity contribution in [3.63, 3.8) is 0 Å². The molecule has 0 spiro atoms. The molecule has 0 radical (unpaired) electrons. The minimum atomic E-state index is 0.675. The van der Waals surface area contributed by atoms with E-state index >= 15 is 0 Å². The molecule has 110 valence electrons. The summed E-state index contributed by atoms with van der Waals surface area (Å²) in [5.41, 5.74) is 2.07. The summed E-state index contributed by atoms with van der Waals surface area (Å²) < 4.78 is 5.34. The zero-order valence-electron chi connectivity index (χ0n) is 12.2. The van der Waals surface area contributed by atoms with Crippen LogP contribution in [0.15, 0.2) is 60.9 Å². The summed E-state index contributed by atoms with van der Waals surface area (Å²) in [5, 5.41) is 5.57. The molecule has 3 nitrogen and oxygen atoms in total. The van der Waals surface area contributed by atoms with Crippen LogP contribution in [0, 0.1) is 0 Å². The Morgan fingerprint density at radius 1 is 1.14 bits per heavy atom. The van der Waals surface area contributed by atoms with E-state index in [1.165, 1.54) is 10.9 Å². The van der Waals surface area contributed by atoms with Crippen molar-refractivity contribution in [1.29, 1.82) is 0 Å². The third-order valence-corrected chi connectivity index (χ3v) is 3.75. The first-order valence-electron chi connectivity index (χ1n) is 7.02. The lowest BCUT2D eigenvalue weighted by atomic mass is 10.0. The number of nitrogens with one attached hydrogen (secondary N) is 1. The molecule has 3 rings (SSSR count). The highest BCUT2D eigenvalue weighted by Gasteiger charge is 2.07. The smallest absolute Gasteiger partial charge is 0.142 e.